The molecule has 0 fully saturated rings. The number of nitrogens with zero attached hydrogens (tertiary/aromatic N) is 1. The quantitative estimate of drug-likeness (QED) is 0.346. The van der Waals surface area contributed by atoms with Crippen LogP contribution in [0.4, 0.5) is 10.1 Å². The fourth-order valence-electron chi connectivity index (χ4n) is 3.27. The van der Waals surface area contributed by atoms with Crippen LogP contribution in [0.25, 0.3) is 11.0 Å². The zero-order valence-corrected chi connectivity index (χ0v) is 16.9. The summed E-state index contributed by atoms with van der Waals surface area (Å²) in [5.41, 5.74) is 2.32. The molecule has 6 nitrogen and oxygen atoms in total. The van der Waals surface area contributed by atoms with E-state index in [-0.39, 0.29) is 18.2 Å². The number of aromatic amines is 1. The van der Waals surface area contributed by atoms with E-state index in [2.05, 4.69) is 32.7 Å². The highest BCUT2D eigenvalue weighted by molar-refractivity contribution is 5.92. The Morgan fingerprint density at radius 1 is 1.06 bits per heavy atom. The molecule has 0 saturated heterocycles. The Bertz CT molecular complexity index is 1160. The van der Waals surface area contributed by atoms with Crippen LogP contribution in [0, 0.1) is 5.82 Å². The molecule has 0 saturated carbocycles. The van der Waals surface area contributed by atoms with Gasteiger partial charge in [-0.15, -0.1) is 0 Å². The van der Waals surface area contributed by atoms with E-state index in [4.69, 9.17) is 4.74 Å². The molecule has 1 amide bonds. The lowest BCUT2D eigenvalue weighted by Crippen LogP contribution is -2.29. The monoisotopic (exact) mass is 418 g/mol. The molecular formula is C24H23FN4O2. The number of carbonyl (C=O) groups is 1. The van der Waals surface area contributed by atoms with E-state index in [0.717, 1.165) is 24.8 Å². The second-order valence-electron chi connectivity index (χ2n) is 7.11. The Hall–Kier alpha value is -3.71. The van der Waals surface area contributed by atoms with Crippen molar-refractivity contribution in [1.29, 1.82) is 0 Å². The first-order chi connectivity index (χ1) is 15.2. The standard InChI is InChI=1S/C24H23FN4O2/c25-20-15-18(29-23(30)16-26-12-4-7-17-5-2-1-3-6-17)8-9-22(20)31-21-11-14-28-24-19(21)10-13-27-24/h1-3,5-6,8-11,13-15,26H,4,7,12,16H2,(H,27,28)(H,29,30). The van der Waals surface area contributed by atoms with Crippen molar-refractivity contribution in [3.8, 4) is 11.5 Å². The molecule has 0 aliphatic rings. The van der Waals surface area contributed by atoms with Crippen LogP contribution >= 0.6 is 0 Å². The number of hydrogen-bond donors (Lipinski definition) is 3. The molecule has 158 valence electrons. The highest BCUT2D eigenvalue weighted by atomic mass is 19.1. The van der Waals surface area contributed by atoms with Crippen LogP contribution in [0.3, 0.4) is 0 Å². The average Bonchev–Trinajstić information content (AvgIpc) is 3.26. The van der Waals surface area contributed by atoms with E-state index in [1.807, 2.05) is 24.3 Å². The van der Waals surface area contributed by atoms with Gasteiger partial charge in [0.2, 0.25) is 5.91 Å². The summed E-state index contributed by atoms with van der Waals surface area (Å²) in [5.74, 6) is -0.211. The van der Waals surface area contributed by atoms with Crippen LogP contribution in [-0.2, 0) is 11.2 Å². The van der Waals surface area contributed by atoms with Gasteiger partial charge in [-0.1, -0.05) is 30.3 Å². The topological polar surface area (TPSA) is 79.0 Å². The minimum absolute atomic E-state index is 0.0748. The summed E-state index contributed by atoms with van der Waals surface area (Å²) >= 11 is 0. The minimum Gasteiger partial charge on any atom is -0.453 e. The van der Waals surface area contributed by atoms with Crippen LogP contribution in [-0.4, -0.2) is 29.0 Å². The second-order valence-corrected chi connectivity index (χ2v) is 7.11. The predicted molar refractivity (Wildman–Crippen MR) is 119 cm³/mol. The number of halogens is 1. The van der Waals surface area contributed by atoms with E-state index >= 15 is 0 Å². The number of rotatable bonds is 9. The molecule has 31 heavy (non-hydrogen) atoms. The van der Waals surface area contributed by atoms with Crippen molar-refractivity contribution in [3.05, 3.63) is 84.4 Å². The molecule has 7 heteroatoms. The molecular weight excluding hydrogens is 395 g/mol. The zero-order chi connectivity index (χ0) is 21.5. The maximum atomic E-state index is 14.5. The van der Waals surface area contributed by atoms with Crippen molar-refractivity contribution < 1.29 is 13.9 Å². The summed E-state index contributed by atoms with van der Waals surface area (Å²) in [6.07, 6.45) is 5.22. The average molecular weight is 418 g/mol. The molecule has 4 rings (SSSR count). The highest BCUT2D eigenvalue weighted by Gasteiger charge is 2.11. The largest absolute Gasteiger partial charge is 0.453 e. The number of aromatic nitrogens is 2. The molecule has 0 aliphatic carbocycles. The van der Waals surface area contributed by atoms with Crippen molar-refractivity contribution >= 4 is 22.6 Å². The van der Waals surface area contributed by atoms with Gasteiger partial charge in [0.15, 0.2) is 11.6 Å². The maximum absolute atomic E-state index is 14.5. The summed E-state index contributed by atoms with van der Waals surface area (Å²) in [4.78, 5) is 19.3. The summed E-state index contributed by atoms with van der Waals surface area (Å²) in [7, 11) is 0. The molecule has 0 unspecified atom stereocenters. The first kappa shape index (κ1) is 20.6. The Labute approximate surface area is 179 Å². The van der Waals surface area contributed by atoms with Crippen LogP contribution < -0.4 is 15.4 Å². The molecule has 0 spiro atoms. The first-order valence-electron chi connectivity index (χ1n) is 10.1. The number of ether oxygens (including phenoxy) is 1. The predicted octanol–water partition coefficient (Wildman–Crippen LogP) is 4.66. The van der Waals surface area contributed by atoms with E-state index in [0.29, 0.717) is 17.1 Å². The van der Waals surface area contributed by atoms with Gasteiger partial charge in [-0.3, -0.25) is 4.79 Å². The first-order valence-corrected chi connectivity index (χ1v) is 10.1. The lowest BCUT2D eigenvalue weighted by molar-refractivity contribution is -0.115. The number of nitrogens with one attached hydrogen (secondary N) is 3. The van der Waals surface area contributed by atoms with Gasteiger partial charge < -0.3 is 20.4 Å². The number of fused-ring (bicyclic) bond motifs is 1. The van der Waals surface area contributed by atoms with Crippen LogP contribution in [0.5, 0.6) is 11.5 Å². The highest BCUT2D eigenvalue weighted by Crippen LogP contribution is 2.30. The Morgan fingerprint density at radius 3 is 2.77 bits per heavy atom. The lowest BCUT2D eigenvalue weighted by atomic mass is 10.1. The van der Waals surface area contributed by atoms with Crippen LogP contribution in [0.15, 0.2) is 73.1 Å². The molecule has 2 aromatic carbocycles. The minimum atomic E-state index is -0.561. The molecule has 0 radical (unpaired) electrons. The van der Waals surface area contributed by atoms with Crippen LogP contribution in [0.1, 0.15) is 12.0 Å². The third-order valence-electron chi connectivity index (χ3n) is 4.80. The number of carbonyl (C=O) groups excluding carboxylic acids is 1. The summed E-state index contributed by atoms with van der Waals surface area (Å²) in [5, 5.41) is 6.57. The molecule has 0 bridgehead atoms. The van der Waals surface area contributed by atoms with Crippen molar-refractivity contribution in [2.24, 2.45) is 0 Å². The number of hydrogen-bond acceptors (Lipinski definition) is 4. The van der Waals surface area contributed by atoms with Gasteiger partial charge in [0.05, 0.1) is 11.9 Å². The molecule has 2 heterocycles. The summed E-state index contributed by atoms with van der Waals surface area (Å²) in [6.45, 7) is 0.889. The second kappa shape index (κ2) is 9.86. The van der Waals surface area contributed by atoms with E-state index in [9.17, 15) is 9.18 Å². The van der Waals surface area contributed by atoms with Gasteiger partial charge >= 0.3 is 0 Å². The van der Waals surface area contributed by atoms with E-state index in [1.54, 1.807) is 24.5 Å². The summed E-state index contributed by atoms with van der Waals surface area (Å²) < 4.78 is 20.2. The molecule has 4 aromatic rings. The smallest absolute Gasteiger partial charge is 0.238 e. The van der Waals surface area contributed by atoms with Crippen molar-refractivity contribution in [3.63, 3.8) is 0 Å². The molecule has 0 aliphatic heterocycles. The maximum Gasteiger partial charge on any atom is 0.238 e. The number of amides is 1. The van der Waals surface area contributed by atoms with Crippen molar-refractivity contribution in [1.82, 2.24) is 15.3 Å². The normalized spacial score (nSPS) is 10.9. The van der Waals surface area contributed by atoms with Gasteiger partial charge in [0.25, 0.3) is 0 Å². The van der Waals surface area contributed by atoms with Crippen LogP contribution in [0.2, 0.25) is 0 Å². The van der Waals surface area contributed by atoms with Gasteiger partial charge in [-0.05, 0) is 49.2 Å². The fraction of sp³-hybridized carbons (Fsp3) is 0.167. The van der Waals surface area contributed by atoms with Gasteiger partial charge in [-0.25, -0.2) is 9.37 Å². The SMILES string of the molecule is O=C(CNCCCc1ccccc1)Nc1ccc(Oc2ccnc3[nH]ccc23)c(F)c1. The number of pyridine rings is 1. The number of aryl methyl sites for hydroxylation is 1. The van der Waals surface area contributed by atoms with Gasteiger partial charge in [0, 0.05) is 24.1 Å². The van der Waals surface area contributed by atoms with Gasteiger partial charge in [-0.2, -0.15) is 0 Å². The van der Waals surface area contributed by atoms with E-state index < -0.39 is 5.82 Å². The number of anilines is 1. The third-order valence-corrected chi connectivity index (χ3v) is 4.80. The fourth-order valence-corrected chi connectivity index (χ4v) is 3.27. The molecule has 2 aromatic heterocycles. The summed E-state index contributed by atoms with van der Waals surface area (Å²) in [6, 6.07) is 18.1. The Balaban J connectivity index is 1.26. The molecule has 0 atom stereocenters. The van der Waals surface area contributed by atoms with Crippen molar-refractivity contribution in [2.75, 3.05) is 18.4 Å². The lowest BCUT2D eigenvalue weighted by Gasteiger charge is -2.10. The molecule has 3 N–H and O–H groups in total. The Kier molecular flexibility index (Phi) is 6.54. The van der Waals surface area contributed by atoms with Gasteiger partial charge in [0.1, 0.15) is 11.4 Å². The third kappa shape index (κ3) is 5.46. The number of H-pyrrole nitrogens is 1. The Morgan fingerprint density at radius 2 is 1.94 bits per heavy atom. The zero-order valence-electron chi connectivity index (χ0n) is 16.9. The van der Waals surface area contributed by atoms with E-state index in [1.165, 1.54) is 17.7 Å². The van der Waals surface area contributed by atoms with Crippen molar-refractivity contribution in [2.45, 2.75) is 12.8 Å². The number of benzene rings is 2.